The Hall–Kier alpha value is -1.36. The third-order valence-electron chi connectivity index (χ3n) is 3.25. The Bertz CT molecular complexity index is 574. The molecule has 0 fully saturated rings. The third-order valence-corrected chi connectivity index (χ3v) is 3.74. The van der Waals surface area contributed by atoms with Crippen LogP contribution in [0.25, 0.3) is 0 Å². The number of rotatable bonds is 7. The van der Waals surface area contributed by atoms with E-state index >= 15 is 0 Å². The van der Waals surface area contributed by atoms with Crippen LogP contribution in [0.4, 0.5) is 0 Å². The summed E-state index contributed by atoms with van der Waals surface area (Å²) in [6.07, 6.45) is 0. The van der Waals surface area contributed by atoms with Crippen LogP contribution in [0.3, 0.4) is 0 Å². The second-order valence-electron chi connectivity index (χ2n) is 4.66. The van der Waals surface area contributed by atoms with Crippen LogP contribution in [0.5, 0.6) is 5.75 Å². The van der Waals surface area contributed by atoms with Crippen LogP contribution in [0.1, 0.15) is 17.2 Å². The van der Waals surface area contributed by atoms with Crippen molar-refractivity contribution in [1.29, 1.82) is 0 Å². The zero-order valence-corrected chi connectivity index (χ0v) is 13.9. The molecule has 0 bridgehead atoms. The molecule has 0 aliphatic rings. The van der Waals surface area contributed by atoms with Crippen LogP contribution in [0.2, 0.25) is 0 Å². The molecule has 3 nitrogen and oxygen atoms in total. The van der Waals surface area contributed by atoms with Crippen LogP contribution < -0.4 is 10.1 Å². The average Bonchev–Trinajstić information content (AvgIpc) is 2.50. The lowest BCUT2D eigenvalue weighted by Crippen LogP contribution is -2.19. The Morgan fingerprint density at radius 3 is 2.62 bits per heavy atom. The minimum Gasteiger partial charge on any atom is -0.491 e. The summed E-state index contributed by atoms with van der Waals surface area (Å²) in [4.78, 5) is 0. The normalized spacial score (nSPS) is 12.1. The highest BCUT2D eigenvalue weighted by atomic mass is 79.9. The molecule has 0 aromatic heterocycles. The summed E-state index contributed by atoms with van der Waals surface area (Å²) in [5, 5.41) is 3.36. The van der Waals surface area contributed by atoms with Gasteiger partial charge >= 0.3 is 0 Å². The van der Waals surface area contributed by atoms with Gasteiger partial charge in [-0.2, -0.15) is 0 Å². The topological polar surface area (TPSA) is 30.5 Å². The Kier molecular flexibility index (Phi) is 6.23. The molecule has 0 saturated carbocycles. The summed E-state index contributed by atoms with van der Waals surface area (Å²) < 4.78 is 11.9. The van der Waals surface area contributed by atoms with Gasteiger partial charge in [-0.05, 0) is 30.8 Å². The van der Waals surface area contributed by atoms with E-state index in [0.29, 0.717) is 13.2 Å². The Morgan fingerprint density at radius 1 is 1.10 bits per heavy atom. The van der Waals surface area contributed by atoms with Crippen molar-refractivity contribution in [2.75, 3.05) is 27.4 Å². The maximum atomic E-state index is 5.84. The van der Waals surface area contributed by atoms with E-state index in [9.17, 15) is 0 Å². The number of para-hydroxylation sites is 1. The highest BCUT2D eigenvalue weighted by Gasteiger charge is 2.16. The van der Waals surface area contributed by atoms with E-state index in [1.54, 1.807) is 7.11 Å². The number of halogens is 1. The van der Waals surface area contributed by atoms with Gasteiger partial charge in [-0.15, -0.1) is 0 Å². The van der Waals surface area contributed by atoms with Crippen LogP contribution >= 0.6 is 15.9 Å². The fraction of sp³-hybridized carbons (Fsp3) is 0.294. The van der Waals surface area contributed by atoms with E-state index in [1.165, 1.54) is 5.56 Å². The number of benzene rings is 2. The largest absolute Gasteiger partial charge is 0.491 e. The fourth-order valence-corrected chi connectivity index (χ4v) is 2.69. The fourth-order valence-electron chi connectivity index (χ4n) is 2.27. The van der Waals surface area contributed by atoms with E-state index in [0.717, 1.165) is 15.8 Å². The van der Waals surface area contributed by atoms with E-state index < -0.39 is 0 Å². The van der Waals surface area contributed by atoms with Crippen molar-refractivity contribution in [2.24, 2.45) is 0 Å². The highest BCUT2D eigenvalue weighted by Crippen LogP contribution is 2.30. The molecule has 0 aliphatic carbocycles. The Labute approximate surface area is 134 Å². The molecule has 0 aliphatic heterocycles. The van der Waals surface area contributed by atoms with Gasteiger partial charge in [-0.1, -0.05) is 46.3 Å². The minimum atomic E-state index is 0.0845. The average molecular weight is 350 g/mol. The molecule has 0 saturated heterocycles. The maximum Gasteiger partial charge on any atom is 0.124 e. The Balaban J connectivity index is 2.29. The summed E-state index contributed by atoms with van der Waals surface area (Å²) in [5.74, 6) is 0.883. The minimum absolute atomic E-state index is 0.0845. The lowest BCUT2D eigenvalue weighted by molar-refractivity contribution is 0.145. The van der Waals surface area contributed by atoms with Crippen LogP contribution in [0.15, 0.2) is 53.0 Å². The van der Waals surface area contributed by atoms with Gasteiger partial charge in [-0.25, -0.2) is 0 Å². The van der Waals surface area contributed by atoms with Crippen LogP contribution in [-0.2, 0) is 4.74 Å². The molecular formula is C17H20BrNO2. The SMILES string of the molecule is CNC(c1cccc(Br)c1)c1ccccc1OCCOC. The molecular weight excluding hydrogens is 330 g/mol. The molecule has 0 heterocycles. The molecule has 0 radical (unpaired) electrons. The first-order valence-electron chi connectivity index (χ1n) is 6.89. The van der Waals surface area contributed by atoms with Crippen molar-refractivity contribution in [1.82, 2.24) is 5.32 Å². The van der Waals surface area contributed by atoms with Crippen molar-refractivity contribution in [3.05, 3.63) is 64.1 Å². The predicted molar refractivity (Wildman–Crippen MR) is 88.9 cm³/mol. The van der Waals surface area contributed by atoms with Gasteiger partial charge in [0.25, 0.3) is 0 Å². The van der Waals surface area contributed by atoms with Gasteiger partial charge < -0.3 is 14.8 Å². The molecule has 1 N–H and O–H groups in total. The summed E-state index contributed by atoms with van der Waals surface area (Å²) in [7, 11) is 3.63. The number of ether oxygens (including phenoxy) is 2. The quantitative estimate of drug-likeness (QED) is 0.771. The first kappa shape index (κ1) is 16.0. The lowest BCUT2D eigenvalue weighted by Gasteiger charge is -2.21. The summed E-state index contributed by atoms with van der Waals surface area (Å²) in [5.41, 5.74) is 2.31. The Morgan fingerprint density at radius 2 is 1.90 bits per heavy atom. The summed E-state index contributed by atoms with van der Waals surface area (Å²) in [6, 6.07) is 16.5. The zero-order valence-electron chi connectivity index (χ0n) is 12.3. The van der Waals surface area contributed by atoms with Crippen molar-refractivity contribution in [2.45, 2.75) is 6.04 Å². The zero-order chi connectivity index (χ0) is 15.1. The van der Waals surface area contributed by atoms with Crippen molar-refractivity contribution in [3.63, 3.8) is 0 Å². The standard InChI is InChI=1S/C17H20BrNO2/c1-19-17(13-6-5-7-14(18)12-13)15-8-3-4-9-16(15)21-11-10-20-2/h3-9,12,17,19H,10-11H2,1-2H3. The van der Waals surface area contributed by atoms with E-state index in [2.05, 4.69) is 39.4 Å². The first-order valence-corrected chi connectivity index (χ1v) is 7.69. The molecule has 21 heavy (non-hydrogen) atoms. The molecule has 0 amide bonds. The molecule has 1 atom stereocenters. The number of nitrogens with one attached hydrogen (secondary N) is 1. The van der Waals surface area contributed by atoms with Gasteiger partial charge in [0.15, 0.2) is 0 Å². The van der Waals surface area contributed by atoms with E-state index in [4.69, 9.17) is 9.47 Å². The molecule has 112 valence electrons. The van der Waals surface area contributed by atoms with E-state index in [1.807, 2.05) is 37.4 Å². The third kappa shape index (κ3) is 4.30. The highest BCUT2D eigenvalue weighted by molar-refractivity contribution is 9.10. The second kappa shape index (κ2) is 8.17. The van der Waals surface area contributed by atoms with Gasteiger partial charge in [-0.3, -0.25) is 0 Å². The van der Waals surface area contributed by atoms with Gasteiger partial charge in [0.1, 0.15) is 12.4 Å². The van der Waals surface area contributed by atoms with Gasteiger partial charge in [0.05, 0.1) is 12.6 Å². The van der Waals surface area contributed by atoms with Crippen LogP contribution in [0, 0.1) is 0 Å². The van der Waals surface area contributed by atoms with Gasteiger partial charge in [0.2, 0.25) is 0 Å². The maximum absolute atomic E-state index is 5.84. The monoisotopic (exact) mass is 349 g/mol. The van der Waals surface area contributed by atoms with Crippen molar-refractivity contribution >= 4 is 15.9 Å². The molecule has 2 rings (SSSR count). The number of hydrogen-bond donors (Lipinski definition) is 1. The van der Waals surface area contributed by atoms with E-state index in [-0.39, 0.29) is 6.04 Å². The van der Waals surface area contributed by atoms with Crippen molar-refractivity contribution in [3.8, 4) is 5.75 Å². The molecule has 4 heteroatoms. The van der Waals surface area contributed by atoms with Crippen molar-refractivity contribution < 1.29 is 9.47 Å². The molecule has 1 unspecified atom stereocenters. The second-order valence-corrected chi connectivity index (χ2v) is 5.57. The van der Waals surface area contributed by atoms with Crippen LogP contribution in [-0.4, -0.2) is 27.4 Å². The summed E-state index contributed by atoms with van der Waals surface area (Å²) >= 11 is 3.53. The molecule has 2 aromatic carbocycles. The summed E-state index contributed by atoms with van der Waals surface area (Å²) in [6.45, 7) is 1.12. The van der Waals surface area contributed by atoms with Gasteiger partial charge in [0, 0.05) is 17.1 Å². The molecule has 0 spiro atoms. The first-order chi connectivity index (χ1) is 10.3. The lowest BCUT2D eigenvalue weighted by atomic mass is 9.98. The molecule has 2 aromatic rings. The smallest absolute Gasteiger partial charge is 0.124 e. The predicted octanol–water partition coefficient (Wildman–Crippen LogP) is 3.78. The number of methoxy groups -OCH3 is 1. The number of hydrogen-bond acceptors (Lipinski definition) is 3.